The molecule has 0 bridgehead atoms. The molecule has 1 saturated carbocycles. The zero-order valence-corrected chi connectivity index (χ0v) is 11.0. The van der Waals surface area contributed by atoms with E-state index >= 15 is 0 Å². The highest BCUT2D eigenvalue weighted by Gasteiger charge is 2.16. The standard InChI is InChI=1S/C14H22O4/c1-2-3-11-17-13(15)9-10-14(16)18-12-7-5-4-6-8-12/h9-10,12H,2-8,11H2,1H3/b10-9+. The molecule has 0 aromatic rings. The minimum atomic E-state index is -0.482. The van der Waals surface area contributed by atoms with Crippen molar-refractivity contribution in [1.82, 2.24) is 0 Å². The molecular formula is C14H22O4. The SMILES string of the molecule is CCCCOC(=O)/C=C/C(=O)OC1CCCCC1. The predicted molar refractivity (Wildman–Crippen MR) is 68.0 cm³/mol. The molecule has 0 spiro atoms. The zero-order valence-electron chi connectivity index (χ0n) is 11.0. The molecule has 0 aliphatic heterocycles. The smallest absolute Gasteiger partial charge is 0.331 e. The summed E-state index contributed by atoms with van der Waals surface area (Å²) in [4.78, 5) is 22.6. The van der Waals surface area contributed by atoms with Gasteiger partial charge in [0, 0.05) is 12.2 Å². The topological polar surface area (TPSA) is 52.6 Å². The molecule has 0 N–H and O–H groups in total. The lowest BCUT2D eigenvalue weighted by molar-refractivity contribution is -0.145. The van der Waals surface area contributed by atoms with Gasteiger partial charge in [0.25, 0.3) is 0 Å². The van der Waals surface area contributed by atoms with Gasteiger partial charge in [-0.2, -0.15) is 0 Å². The van der Waals surface area contributed by atoms with Gasteiger partial charge < -0.3 is 9.47 Å². The van der Waals surface area contributed by atoms with Crippen molar-refractivity contribution >= 4 is 11.9 Å². The first-order valence-corrected chi connectivity index (χ1v) is 6.78. The molecule has 4 heteroatoms. The maximum absolute atomic E-state index is 11.4. The summed E-state index contributed by atoms with van der Waals surface area (Å²) in [5, 5.41) is 0. The van der Waals surface area contributed by atoms with Crippen molar-refractivity contribution in [3.05, 3.63) is 12.2 Å². The van der Waals surface area contributed by atoms with Gasteiger partial charge in [-0.05, 0) is 32.1 Å². The number of carbonyl (C=O) groups is 2. The summed E-state index contributed by atoms with van der Waals surface area (Å²) in [5.74, 6) is -0.932. The van der Waals surface area contributed by atoms with Crippen LogP contribution in [0.4, 0.5) is 0 Å². The third-order valence-electron chi connectivity index (χ3n) is 2.93. The Morgan fingerprint density at radius 3 is 2.44 bits per heavy atom. The second kappa shape index (κ2) is 8.72. The van der Waals surface area contributed by atoms with Gasteiger partial charge in [-0.15, -0.1) is 0 Å². The van der Waals surface area contributed by atoms with E-state index in [2.05, 4.69) is 0 Å². The molecule has 0 heterocycles. The highest BCUT2D eigenvalue weighted by Crippen LogP contribution is 2.20. The molecule has 0 saturated heterocycles. The van der Waals surface area contributed by atoms with E-state index in [0.717, 1.165) is 50.7 Å². The molecule has 0 aromatic carbocycles. The van der Waals surface area contributed by atoms with E-state index in [1.807, 2.05) is 6.92 Å². The van der Waals surface area contributed by atoms with E-state index in [9.17, 15) is 9.59 Å². The Morgan fingerprint density at radius 2 is 1.78 bits per heavy atom. The van der Waals surface area contributed by atoms with Crippen molar-refractivity contribution in [1.29, 1.82) is 0 Å². The molecular weight excluding hydrogens is 232 g/mol. The molecule has 0 radical (unpaired) electrons. The first-order chi connectivity index (χ1) is 8.72. The Kier molecular flexibility index (Phi) is 7.14. The van der Waals surface area contributed by atoms with Crippen LogP contribution >= 0.6 is 0 Å². The van der Waals surface area contributed by atoms with Crippen molar-refractivity contribution in [3.8, 4) is 0 Å². The van der Waals surface area contributed by atoms with Crippen LogP contribution in [0.1, 0.15) is 51.9 Å². The molecule has 1 aliphatic carbocycles. The summed E-state index contributed by atoms with van der Waals surface area (Å²) in [6, 6.07) is 0. The minimum Gasteiger partial charge on any atom is -0.463 e. The van der Waals surface area contributed by atoms with Gasteiger partial charge in [-0.25, -0.2) is 9.59 Å². The molecule has 102 valence electrons. The number of hydrogen-bond acceptors (Lipinski definition) is 4. The molecule has 1 aliphatic rings. The Morgan fingerprint density at radius 1 is 1.11 bits per heavy atom. The molecule has 0 aromatic heterocycles. The molecule has 1 fully saturated rings. The maximum Gasteiger partial charge on any atom is 0.331 e. The van der Waals surface area contributed by atoms with E-state index in [-0.39, 0.29) is 6.10 Å². The Hall–Kier alpha value is -1.32. The van der Waals surface area contributed by atoms with Gasteiger partial charge >= 0.3 is 11.9 Å². The van der Waals surface area contributed by atoms with E-state index in [0.29, 0.717) is 6.61 Å². The fourth-order valence-electron chi connectivity index (χ4n) is 1.89. The summed E-state index contributed by atoms with van der Waals surface area (Å²) < 4.78 is 10.1. The van der Waals surface area contributed by atoms with Crippen LogP contribution in [0.3, 0.4) is 0 Å². The Bertz CT molecular complexity index is 290. The summed E-state index contributed by atoms with van der Waals surface area (Å²) >= 11 is 0. The van der Waals surface area contributed by atoms with Crippen molar-refractivity contribution in [2.24, 2.45) is 0 Å². The van der Waals surface area contributed by atoms with Gasteiger partial charge in [-0.1, -0.05) is 19.8 Å². The van der Waals surface area contributed by atoms with Crippen molar-refractivity contribution in [2.45, 2.75) is 58.0 Å². The third-order valence-corrected chi connectivity index (χ3v) is 2.93. The molecule has 0 atom stereocenters. The van der Waals surface area contributed by atoms with E-state index in [1.165, 1.54) is 6.42 Å². The van der Waals surface area contributed by atoms with Gasteiger partial charge in [0.15, 0.2) is 0 Å². The van der Waals surface area contributed by atoms with Gasteiger partial charge in [0.2, 0.25) is 0 Å². The molecule has 1 rings (SSSR count). The summed E-state index contributed by atoms with van der Waals surface area (Å²) in [7, 11) is 0. The molecule has 4 nitrogen and oxygen atoms in total. The number of hydrogen-bond donors (Lipinski definition) is 0. The number of esters is 2. The van der Waals surface area contributed by atoms with Crippen LogP contribution in [-0.2, 0) is 19.1 Å². The first-order valence-electron chi connectivity index (χ1n) is 6.78. The van der Waals surface area contributed by atoms with Crippen molar-refractivity contribution in [3.63, 3.8) is 0 Å². The second-order valence-corrected chi connectivity index (χ2v) is 4.55. The average molecular weight is 254 g/mol. The quantitative estimate of drug-likeness (QED) is 0.415. The van der Waals surface area contributed by atoms with Crippen molar-refractivity contribution in [2.75, 3.05) is 6.61 Å². The predicted octanol–water partition coefficient (Wildman–Crippen LogP) is 2.76. The van der Waals surface area contributed by atoms with Crippen LogP contribution in [0.5, 0.6) is 0 Å². The Labute approximate surface area is 108 Å². The largest absolute Gasteiger partial charge is 0.463 e. The van der Waals surface area contributed by atoms with Crippen LogP contribution in [0.15, 0.2) is 12.2 Å². The van der Waals surface area contributed by atoms with Gasteiger partial charge in [0.1, 0.15) is 6.10 Å². The highest BCUT2D eigenvalue weighted by atomic mass is 16.5. The van der Waals surface area contributed by atoms with E-state index in [4.69, 9.17) is 9.47 Å². The van der Waals surface area contributed by atoms with Gasteiger partial charge in [-0.3, -0.25) is 0 Å². The molecule has 0 amide bonds. The van der Waals surface area contributed by atoms with Crippen LogP contribution in [0.2, 0.25) is 0 Å². The first kappa shape index (κ1) is 14.7. The fraction of sp³-hybridized carbons (Fsp3) is 0.714. The minimum absolute atomic E-state index is 0.0204. The lowest BCUT2D eigenvalue weighted by atomic mass is 9.98. The van der Waals surface area contributed by atoms with E-state index in [1.54, 1.807) is 0 Å². The Balaban J connectivity index is 2.19. The van der Waals surface area contributed by atoms with Gasteiger partial charge in [0.05, 0.1) is 6.61 Å². The summed E-state index contributed by atoms with van der Waals surface area (Å²) in [6.45, 7) is 2.42. The highest BCUT2D eigenvalue weighted by molar-refractivity contribution is 5.91. The molecule has 0 unspecified atom stereocenters. The van der Waals surface area contributed by atoms with Crippen LogP contribution in [-0.4, -0.2) is 24.6 Å². The van der Waals surface area contributed by atoms with E-state index < -0.39 is 11.9 Å². The zero-order chi connectivity index (χ0) is 13.2. The average Bonchev–Trinajstić information content (AvgIpc) is 2.38. The third kappa shape index (κ3) is 6.42. The normalized spacial score (nSPS) is 16.7. The number of unbranched alkanes of at least 4 members (excludes halogenated alkanes) is 1. The van der Waals surface area contributed by atoms with Crippen LogP contribution < -0.4 is 0 Å². The van der Waals surface area contributed by atoms with Crippen LogP contribution in [0, 0.1) is 0 Å². The summed E-state index contributed by atoms with van der Waals surface area (Å²) in [5.41, 5.74) is 0. The molecule has 18 heavy (non-hydrogen) atoms. The van der Waals surface area contributed by atoms with Crippen LogP contribution in [0.25, 0.3) is 0 Å². The number of carbonyl (C=O) groups excluding carboxylic acids is 2. The maximum atomic E-state index is 11.4. The van der Waals surface area contributed by atoms with Crippen molar-refractivity contribution < 1.29 is 19.1 Å². The lowest BCUT2D eigenvalue weighted by Gasteiger charge is -2.20. The monoisotopic (exact) mass is 254 g/mol. The summed E-state index contributed by atoms with van der Waals surface area (Å²) in [6.07, 6.45) is 9.43. The number of rotatable bonds is 6. The fourth-order valence-corrected chi connectivity index (χ4v) is 1.89. The number of ether oxygens (including phenoxy) is 2. The second-order valence-electron chi connectivity index (χ2n) is 4.55. The lowest BCUT2D eigenvalue weighted by Crippen LogP contribution is -2.19.